The summed E-state index contributed by atoms with van der Waals surface area (Å²) in [5.41, 5.74) is -4.03. The predicted octanol–water partition coefficient (Wildman–Crippen LogP) is 1.65. The van der Waals surface area contributed by atoms with Crippen LogP contribution in [0.2, 0.25) is 0 Å². The van der Waals surface area contributed by atoms with Gasteiger partial charge < -0.3 is 20.4 Å². The van der Waals surface area contributed by atoms with E-state index in [0.717, 1.165) is 0 Å². The SMILES string of the molecule is [2H]C1C([2H])[C@]2(C)[C@@H]3[C@@H](CC[C@@]2([2H])[C@H]([2H])[C@]1([2H])O)[C@@H]1CC[C@](O)(C(=O)CO)[C@@]1(C)C[C@@H]3O. The molecule has 4 rings (SSSR count). The highest BCUT2D eigenvalue weighted by molar-refractivity contribution is 5.89. The van der Waals surface area contributed by atoms with Crippen molar-refractivity contribution in [3.05, 3.63) is 0 Å². The first-order valence-corrected chi connectivity index (χ1v) is 9.68. The Balaban J connectivity index is 1.80. The fraction of sp³-hybridized carbons (Fsp3) is 0.952. The average Bonchev–Trinajstić information content (AvgIpc) is 2.98. The molecule has 4 saturated carbocycles. The van der Waals surface area contributed by atoms with Gasteiger partial charge in [0, 0.05) is 10.9 Å². The zero-order valence-electron chi connectivity index (χ0n) is 20.5. The van der Waals surface area contributed by atoms with E-state index in [0.29, 0.717) is 12.8 Å². The summed E-state index contributed by atoms with van der Waals surface area (Å²) in [4.78, 5) is 12.5. The zero-order valence-corrected chi connectivity index (χ0v) is 15.5. The number of carbonyl (C=O) groups excluding carboxylic acids is 1. The molecular formula is C21H34O5. The third-order valence-electron chi connectivity index (χ3n) is 8.26. The van der Waals surface area contributed by atoms with Gasteiger partial charge in [-0.1, -0.05) is 13.8 Å². The normalized spacial score (nSPS) is 73.3. The average molecular weight is 372 g/mol. The molecule has 12 atom stereocenters. The summed E-state index contributed by atoms with van der Waals surface area (Å²) in [5.74, 6) is -3.38. The van der Waals surface area contributed by atoms with E-state index in [4.69, 9.17) is 6.85 Å². The summed E-state index contributed by atoms with van der Waals surface area (Å²) >= 11 is 0. The van der Waals surface area contributed by atoms with E-state index >= 15 is 0 Å². The highest BCUT2D eigenvalue weighted by atomic mass is 16.3. The number of ketones is 1. The highest BCUT2D eigenvalue weighted by Gasteiger charge is 2.68. The number of rotatable bonds is 2. The van der Waals surface area contributed by atoms with Crippen molar-refractivity contribution in [1.82, 2.24) is 0 Å². The van der Waals surface area contributed by atoms with Crippen LogP contribution in [0.1, 0.15) is 72.0 Å². The molecule has 4 fully saturated rings. The highest BCUT2D eigenvalue weighted by Crippen LogP contribution is 2.68. The van der Waals surface area contributed by atoms with Gasteiger partial charge in [0.2, 0.25) is 0 Å². The van der Waals surface area contributed by atoms with E-state index in [1.165, 1.54) is 0 Å². The van der Waals surface area contributed by atoms with E-state index in [2.05, 4.69) is 0 Å². The molecule has 0 aromatic rings. The lowest BCUT2D eigenvalue weighted by molar-refractivity contribution is -0.202. The lowest BCUT2D eigenvalue weighted by atomic mass is 9.43. The maximum Gasteiger partial charge on any atom is 0.190 e. The summed E-state index contributed by atoms with van der Waals surface area (Å²) in [6.45, 7) is 2.64. The molecule has 4 aliphatic rings. The minimum Gasteiger partial charge on any atom is -0.393 e. The summed E-state index contributed by atoms with van der Waals surface area (Å²) in [5, 5.41) is 42.6. The van der Waals surface area contributed by atoms with Crippen LogP contribution in [0.5, 0.6) is 0 Å². The molecule has 26 heavy (non-hydrogen) atoms. The molecule has 0 spiro atoms. The van der Waals surface area contributed by atoms with E-state index in [-0.39, 0.29) is 31.1 Å². The first kappa shape index (κ1) is 13.6. The zero-order chi connectivity index (χ0) is 23.4. The van der Waals surface area contributed by atoms with Gasteiger partial charge in [-0.15, -0.1) is 0 Å². The van der Waals surface area contributed by atoms with E-state index < -0.39 is 72.0 Å². The Kier molecular flexibility index (Phi) is 3.15. The third-order valence-corrected chi connectivity index (χ3v) is 8.26. The first-order chi connectivity index (χ1) is 14.1. The van der Waals surface area contributed by atoms with Gasteiger partial charge in [-0.25, -0.2) is 0 Å². The molecule has 0 aliphatic heterocycles. The summed E-state index contributed by atoms with van der Waals surface area (Å²) in [6, 6.07) is 0. The molecule has 2 unspecified atom stereocenters. The summed E-state index contributed by atoms with van der Waals surface area (Å²) < 4.78 is 42.9. The Morgan fingerprint density at radius 2 is 2.00 bits per heavy atom. The van der Waals surface area contributed by atoms with Gasteiger partial charge in [-0.2, -0.15) is 0 Å². The van der Waals surface area contributed by atoms with Crippen molar-refractivity contribution in [2.75, 3.05) is 6.61 Å². The van der Waals surface area contributed by atoms with Gasteiger partial charge in [0.15, 0.2) is 5.78 Å². The van der Waals surface area contributed by atoms with Crippen LogP contribution in [0.25, 0.3) is 0 Å². The van der Waals surface area contributed by atoms with Crippen LogP contribution in [0.4, 0.5) is 0 Å². The Bertz CT molecular complexity index is 783. The van der Waals surface area contributed by atoms with Gasteiger partial charge in [0.05, 0.1) is 13.6 Å². The van der Waals surface area contributed by atoms with Crippen LogP contribution in [-0.4, -0.2) is 50.6 Å². The number of Topliss-reactive ketones (excluding diaryl/α,β-unsaturated/α-hetero) is 1. The first-order valence-electron chi connectivity index (χ1n) is 12.4. The van der Waals surface area contributed by atoms with Gasteiger partial charge in [0.1, 0.15) is 12.2 Å². The van der Waals surface area contributed by atoms with E-state index in [1.807, 2.05) is 0 Å². The molecule has 0 heterocycles. The predicted molar refractivity (Wildman–Crippen MR) is 96.2 cm³/mol. The number of aliphatic hydroxyl groups is 4. The molecule has 0 saturated heterocycles. The van der Waals surface area contributed by atoms with Crippen molar-refractivity contribution in [2.45, 2.75) is 82.9 Å². The molecule has 4 aliphatic carbocycles. The smallest absolute Gasteiger partial charge is 0.190 e. The number of hydrogen-bond donors (Lipinski definition) is 4. The lowest BCUT2D eigenvalue weighted by Crippen LogP contribution is -2.63. The van der Waals surface area contributed by atoms with Gasteiger partial charge >= 0.3 is 0 Å². The summed E-state index contributed by atoms with van der Waals surface area (Å²) in [7, 11) is 0. The lowest BCUT2D eigenvalue weighted by Gasteiger charge is -2.62. The molecule has 0 amide bonds. The van der Waals surface area contributed by atoms with Crippen LogP contribution in [0.15, 0.2) is 0 Å². The second-order valence-corrected chi connectivity index (χ2v) is 9.21. The fourth-order valence-corrected chi connectivity index (χ4v) is 6.93. The Morgan fingerprint density at radius 1 is 1.27 bits per heavy atom. The van der Waals surface area contributed by atoms with Gasteiger partial charge in [-0.05, 0) is 80.4 Å². The van der Waals surface area contributed by atoms with Crippen molar-refractivity contribution in [1.29, 1.82) is 0 Å². The van der Waals surface area contributed by atoms with E-state index in [9.17, 15) is 25.2 Å². The van der Waals surface area contributed by atoms with Gasteiger partial charge in [0.25, 0.3) is 0 Å². The number of aliphatic hydroxyl groups excluding tert-OH is 2. The minimum atomic E-state index is -2.55. The summed E-state index contributed by atoms with van der Waals surface area (Å²) in [6.07, 6.45) is -6.94. The number of carbonyl (C=O) groups is 1. The Morgan fingerprint density at radius 3 is 2.69 bits per heavy atom. The Labute approximate surface area is 162 Å². The van der Waals surface area contributed by atoms with Crippen LogP contribution in [0, 0.1) is 34.5 Å². The maximum atomic E-state index is 12.5. The molecule has 0 aromatic carbocycles. The third kappa shape index (κ3) is 2.27. The van der Waals surface area contributed by atoms with E-state index in [1.54, 1.807) is 13.8 Å². The molecule has 0 aromatic heterocycles. The van der Waals surface area contributed by atoms with Crippen LogP contribution in [0.3, 0.4) is 0 Å². The van der Waals surface area contributed by atoms with Crippen molar-refractivity contribution < 1.29 is 32.1 Å². The molecule has 148 valence electrons. The molecule has 5 nitrogen and oxygen atoms in total. The monoisotopic (exact) mass is 371 g/mol. The molecule has 0 bridgehead atoms. The maximum absolute atomic E-state index is 12.5. The van der Waals surface area contributed by atoms with Crippen LogP contribution >= 0.6 is 0 Å². The van der Waals surface area contributed by atoms with Crippen molar-refractivity contribution in [3.8, 4) is 0 Å². The second-order valence-electron chi connectivity index (χ2n) is 9.21. The van der Waals surface area contributed by atoms with Crippen LogP contribution in [-0.2, 0) is 4.79 Å². The fourth-order valence-electron chi connectivity index (χ4n) is 6.93. The second kappa shape index (κ2) is 6.00. The molecular weight excluding hydrogens is 332 g/mol. The van der Waals surface area contributed by atoms with Crippen molar-refractivity contribution in [2.24, 2.45) is 34.5 Å². The quantitative estimate of drug-likeness (QED) is 0.592. The van der Waals surface area contributed by atoms with Crippen molar-refractivity contribution >= 4 is 5.78 Å². The standard InChI is InChI=1S/C21H34O5/c1-19-7-5-13(23)9-12(19)3-4-14-15-6-8-21(26,17(25)11-22)20(15,2)10-16(24)18(14)19/h12-16,18,22-24,26H,3-11H2,1-2H3/t12-,13+,14-,15-,16-,18+,19-,20-,21-/m0/s1/i5D,7D,9D,12D,13D/t5?,7?,9-,12-,13+,14-,15-,16-,18+,19-,20-,21-. The largest absolute Gasteiger partial charge is 0.393 e. The van der Waals surface area contributed by atoms with Crippen molar-refractivity contribution in [3.63, 3.8) is 0 Å². The van der Waals surface area contributed by atoms with Crippen LogP contribution < -0.4 is 0 Å². The molecule has 4 N–H and O–H groups in total. The van der Waals surface area contributed by atoms with Gasteiger partial charge in [-0.3, -0.25) is 4.79 Å². The molecule has 0 radical (unpaired) electrons. The topological polar surface area (TPSA) is 98.0 Å². The number of fused-ring (bicyclic) bond motifs is 5. The Hall–Kier alpha value is -0.490. The minimum absolute atomic E-state index is 0.0515. The number of hydrogen-bond acceptors (Lipinski definition) is 5. The molecule has 5 heteroatoms.